The molecule has 168 valence electrons. The average Bonchev–Trinajstić information content (AvgIpc) is 2.79. The molecule has 1 aliphatic heterocycles. The fourth-order valence-corrected chi connectivity index (χ4v) is 5.42. The Labute approximate surface area is 188 Å². The minimum Gasteiger partial charge on any atom is -0.492 e. The van der Waals surface area contributed by atoms with E-state index in [-0.39, 0.29) is 10.8 Å². The number of hydrogen-bond acceptors (Lipinski definition) is 6. The Balaban J connectivity index is 1.36. The van der Waals surface area contributed by atoms with E-state index in [4.69, 9.17) is 9.47 Å². The number of thioether (sulfide) groups is 1. The summed E-state index contributed by atoms with van der Waals surface area (Å²) < 4.78 is 37.5. The summed E-state index contributed by atoms with van der Waals surface area (Å²) in [5.74, 6) is 1.72. The molecule has 0 bridgehead atoms. The van der Waals surface area contributed by atoms with Crippen molar-refractivity contribution in [2.75, 3.05) is 45.2 Å². The van der Waals surface area contributed by atoms with E-state index in [2.05, 4.69) is 24.4 Å². The van der Waals surface area contributed by atoms with Crippen LogP contribution in [0.2, 0.25) is 0 Å². The zero-order valence-corrected chi connectivity index (χ0v) is 19.2. The Morgan fingerprint density at radius 3 is 2.55 bits per heavy atom. The van der Waals surface area contributed by atoms with Crippen molar-refractivity contribution in [3.8, 4) is 5.75 Å². The number of ether oxygens (including phenoxy) is 2. The van der Waals surface area contributed by atoms with E-state index >= 15 is 0 Å². The second-order valence-electron chi connectivity index (χ2n) is 7.11. The first-order chi connectivity index (χ1) is 15.0. The van der Waals surface area contributed by atoms with E-state index in [1.54, 1.807) is 36.0 Å². The van der Waals surface area contributed by atoms with Crippen molar-refractivity contribution in [2.45, 2.75) is 17.6 Å². The second-order valence-corrected chi connectivity index (χ2v) is 10.0. The molecular weight excluding hydrogens is 436 g/mol. The molecule has 2 aromatic carbocycles. The maximum Gasteiger partial charge on any atom is 0.243 e. The van der Waals surface area contributed by atoms with Crippen molar-refractivity contribution in [1.82, 2.24) is 9.62 Å². The molecule has 0 aliphatic carbocycles. The molecule has 1 N–H and O–H groups in total. The maximum atomic E-state index is 12.6. The molecule has 2 aromatic rings. The molecule has 1 heterocycles. The van der Waals surface area contributed by atoms with Crippen molar-refractivity contribution in [2.24, 2.45) is 0 Å². The summed E-state index contributed by atoms with van der Waals surface area (Å²) in [6.07, 6.45) is 0. The third kappa shape index (κ3) is 6.96. The number of sulfonamides is 1. The normalized spacial score (nSPS) is 14.9. The highest BCUT2D eigenvalue weighted by molar-refractivity contribution is 7.99. The Kier molecular flexibility index (Phi) is 8.77. The molecule has 1 saturated heterocycles. The van der Waals surface area contributed by atoms with E-state index in [0.29, 0.717) is 51.0 Å². The molecular formula is C22H28N2O5S2. The summed E-state index contributed by atoms with van der Waals surface area (Å²) in [7, 11) is -3.51. The molecule has 0 radical (unpaired) electrons. The fraction of sp³-hybridized carbons (Fsp3) is 0.409. The van der Waals surface area contributed by atoms with Crippen molar-refractivity contribution >= 4 is 27.7 Å². The highest BCUT2D eigenvalue weighted by Gasteiger charge is 2.26. The first kappa shape index (κ1) is 23.6. The smallest absolute Gasteiger partial charge is 0.243 e. The lowest BCUT2D eigenvalue weighted by molar-refractivity contribution is -0.118. The largest absolute Gasteiger partial charge is 0.492 e. The third-order valence-electron chi connectivity index (χ3n) is 4.88. The maximum absolute atomic E-state index is 12.6. The molecule has 0 unspecified atom stereocenters. The van der Waals surface area contributed by atoms with E-state index in [1.165, 1.54) is 15.4 Å². The predicted octanol–water partition coefficient (Wildman–Crippen LogP) is 2.44. The lowest BCUT2D eigenvalue weighted by atomic mass is 10.1. The van der Waals surface area contributed by atoms with Crippen LogP contribution in [-0.4, -0.2) is 63.8 Å². The molecule has 1 fully saturated rings. The molecule has 0 aromatic heterocycles. The van der Waals surface area contributed by atoms with Gasteiger partial charge in [0.1, 0.15) is 12.4 Å². The molecule has 31 heavy (non-hydrogen) atoms. The molecule has 0 spiro atoms. The molecule has 7 nitrogen and oxygen atoms in total. The Hall–Kier alpha value is -2.07. The van der Waals surface area contributed by atoms with Crippen LogP contribution >= 0.6 is 11.8 Å². The topological polar surface area (TPSA) is 84.9 Å². The number of carbonyl (C=O) groups is 1. The van der Waals surface area contributed by atoms with Crippen molar-refractivity contribution in [1.29, 1.82) is 0 Å². The summed E-state index contributed by atoms with van der Waals surface area (Å²) in [6, 6.07) is 14.5. The van der Waals surface area contributed by atoms with Crippen LogP contribution in [0.5, 0.6) is 5.75 Å². The van der Waals surface area contributed by atoms with Crippen LogP contribution in [0.1, 0.15) is 11.1 Å². The monoisotopic (exact) mass is 464 g/mol. The number of amides is 1. The summed E-state index contributed by atoms with van der Waals surface area (Å²) >= 11 is 1.58. The predicted molar refractivity (Wildman–Crippen MR) is 122 cm³/mol. The second kappa shape index (κ2) is 11.5. The van der Waals surface area contributed by atoms with Crippen LogP contribution in [0.4, 0.5) is 0 Å². The van der Waals surface area contributed by atoms with Gasteiger partial charge in [0.25, 0.3) is 0 Å². The SMILES string of the molecule is Cc1ccccc1CSCC(=O)NCCOc1ccc(S(=O)(=O)N2CCOCC2)cc1. The minimum absolute atomic E-state index is 0.0332. The quantitative estimate of drug-likeness (QED) is 0.544. The number of nitrogens with zero attached hydrogens (tertiary/aromatic N) is 1. The number of morpholine rings is 1. The molecule has 3 rings (SSSR count). The van der Waals surface area contributed by atoms with Crippen molar-refractivity contribution in [3.63, 3.8) is 0 Å². The molecule has 1 aliphatic rings. The van der Waals surface area contributed by atoms with Gasteiger partial charge in [-0.3, -0.25) is 4.79 Å². The molecule has 0 atom stereocenters. The average molecular weight is 465 g/mol. The van der Waals surface area contributed by atoms with Gasteiger partial charge in [-0.15, -0.1) is 11.8 Å². The van der Waals surface area contributed by atoms with Gasteiger partial charge in [0.05, 0.1) is 30.4 Å². The van der Waals surface area contributed by atoms with Crippen molar-refractivity contribution in [3.05, 3.63) is 59.7 Å². The molecule has 9 heteroatoms. The van der Waals surface area contributed by atoms with E-state index in [1.807, 2.05) is 12.1 Å². The Morgan fingerprint density at radius 2 is 1.84 bits per heavy atom. The van der Waals surface area contributed by atoms with Crippen molar-refractivity contribution < 1.29 is 22.7 Å². The zero-order chi connectivity index (χ0) is 22.1. The lowest BCUT2D eigenvalue weighted by Crippen LogP contribution is -2.40. The summed E-state index contributed by atoms with van der Waals surface area (Å²) in [5, 5.41) is 2.83. The first-order valence-electron chi connectivity index (χ1n) is 10.2. The van der Waals surface area contributed by atoms with Gasteiger partial charge in [0.15, 0.2) is 0 Å². The third-order valence-corrected chi connectivity index (χ3v) is 7.77. The summed E-state index contributed by atoms with van der Waals surface area (Å²) in [4.78, 5) is 12.2. The van der Waals surface area contributed by atoms with E-state index in [0.717, 1.165) is 5.75 Å². The van der Waals surface area contributed by atoms with E-state index < -0.39 is 10.0 Å². The van der Waals surface area contributed by atoms with Crippen LogP contribution in [0, 0.1) is 6.92 Å². The molecule has 1 amide bonds. The van der Waals surface area contributed by atoms with Gasteiger partial charge in [-0.25, -0.2) is 8.42 Å². The Bertz CT molecular complexity index is 958. The van der Waals surface area contributed by atoms with Crippen LogP contribution < -0.4 is 10.1 Å². The lowest BCUT2D eigenvalue weighted by Gasteiger charge is -2.26. The highest BCUT2D eigenvalue weighted by atomic mass is 32.2. The van der Waals surface area contributed by atoms with Gasteiger partial charge >= 0.3 is 0 Å². The van der Waals surface area contributed by atoms with Crippen LogP contribution in [0.15, 0.2) is 53.4 Å². The number of nitrogens with one attached hydrogen (secondary N) is 1. The Morgan fingerprint density at radius 1 is 1.13 bits per heavy atom. The van der Waals surface area contributed by atoms with Gasteiger partial charge in [-0.05, 0) is 42.3 Å². The van der Waals surface area contributed by atoms with Gasteiger partial charge in [-0.1, -0.05) is 24.3 Å². The fourth-order valence-electron chi connectivity index (χ4n) is 3.08. The highest BCUT2D eigenvalue weighted by Crippen LogP contribution is 2.20. The first-order valence-corrected chi connectivity index (χ1v) is 12.8. The van der Waals surface area contributed by atoms with E-state index in [9.17, 15) is 13.2 Å². The number of benzene rings is 2. The van der Waals surface area contributed by atoms with Gasteiger partial charge in [0, 0.05) is 18.8 Å². The number of aryl methyl sites for hydroxylation is 1. The van der Waals surface area contributed by atoms with Crippen LogP contribution in [-0.2, 0) is 25.3 Å². The van der Waals surface area contributed by atoms with Crippen LogP contribution in [0.25, 0.3) is 0 Å². The standard InChI is InChI=1S/C22H28N2O5S2/c1-18-4-2-3-5-19(18)16-30-17-22(25)23-10-13-29-20-6-8-21(9-7-20)31(26,27)24-11-14-28-15-12-24/h2-9H,10-17H2,1H3,(H,23,25). The number of carbonyl (C=O) groups excluding carboxylic acids is 1. The zero-order valence-electron chi connectivity index (χ0n) is 17.6. The minimum atomic E-state index is -3.51. The van der Waals surface area contributed by atoms with Gasteiger partial charge in [-0.2, -0.15) is 4.31 Å². The van der Waals surface area contributed by atoms with Crippen LogP contribution in [0.3, 0.4) is 0 Å². The number of hydrogen-bond donors (Lipinski definition) is 1. The summed E-state index contributed by atoms with van der Waals surface area (Å²) in [5.41, 5.74) is 2.47. The van der Waals surface area contributed by atoms with Gasteiger partial charge in [0.2, 0.25) is 15.9 Å². The summed E-state index contributed by atoms with van der Waals surface area (Å²) in [6.45, 7) is 4.32. The van der Waals surface area contributed by atoms with Gasteiger partial charge < -0.3 is 14.8 Å². The number of rotatable bonds is 10. The molecule has 0 saturated carbocycles.